The highest BCUT2D eigenvalue weighted by atomic mass is 79.9. The lowest BCUT2D eigenvalue weighted by atomic mass is 9.58. The monoisotopic (exact) mass is 364 g/mol. The Morgan fingerprint density at radius 2 is 2.14 bits per heavy atom. The van der Waals surface area contributed by atoms with Gasteiger partial charge in [0.05, 0.1) is 18.6 Å². The highest BCUT2D eigenvalue weighted by molar-refractivity contribution is 9.09. The summed E-state index contributed by atoms with van der Waals surface area (Å²) in [5.41, 5.74) is -6.73. The van der Waals surface area contributed by atoms with E-state index < -0.39 is 46.4 Å². The van der Waals surface area contributed by atoms with Crippen molar-refractivity contribution in [3.63, 3.8) is 0 Å². The van der Waals surface area contributed by atoms with E-state index in [2.05, 4.69) is 15.9 Å². The Balaban J connectivity index is 2.22. The second-order valence-corrected chi connectivity index (χ2v) is 6.86. The number of carbonyl (C=O) groups excluding carboxylic acids is 2. The van der Waals surface area contributed by atoms with Gasteiger partial charge in [0.25, 0.3) is 0 Å². The van der Waals surface area contributed by atoms with Crippen LogP contribution in [0.25, 0.3) is 0 Å². The molecule has 3 rings (SSSR count). The molecule has 0 aromatic carbocycles. The molecule has 0 radical (unpaired) electrons. The molecule has 7 nitrogen and oxygen atoms in total. The molecule has 6 atom stereocenters. The lowest BCUT2D eigenvalue weighted by Gasteiger charge is -2.46. The molecule has 118 valence electrons. The zero-order chi connectivity index (χ0) is 15.8. The van der Waals surface area contributed by atoms with Gasteiger partial charge in [0, 0.05) is 11.8 Å². The van der Waals surface area contributed by atoms with Gasteiger partial charge in [-0.2, -0.15) is 0 Å². The van der Waals surface area contributed by atoms with Gasteiger partial charge in [-0.3, -0.25) is 0 Å². The number of ether oxygens (including phenoxy) is 3. The maximum absolute atomic E-state index is 12.3. The average molecular weight is 365 g/mol. The van der Waals surface area contributed by atoms with Crippen LogP contribution in [0, 0.1) is 5.92 Å². The van der Waals surface area contributed by atoms with E-state index in [1.165, 1.54) is 6.92 Å². The number of cyclic esters (lactones) is 1. The van der Waals surface area contributed by atoms with Crippen LogP contribution >= 0.6 is 15.9 Å². The first kappa shape index (κ1) is 15.2. The summed E-state index contributed by atoms with van der Waals surface area (Å²) < 4.78 is 15.5. The molecule has 2 saturated heterocycles. The zero-order valence-corrected chi connectivity index (χ0v) is 13.5. The molecule has 3 aliphatic rings. The maximum Gasteiger partial charge on any atom is 0.345 e. The first-order chi connectivity index (χ1) is 9.63. The van der Waals surface area contributed by atoms with Gasteiger partial charge in [0.2, 0.25) is 11.2 Å². The number of hydrogen-bond donors (Lipinski definition) is 2. The van der Waals surface area contributed by atoms with E-state index in [1.54, 1.807) is 6.92 Å². The number of esters is 2. The quantitative estimate of drug-likeness (QED) is 0.386. The smallest absolute Gasteiger partial charge is 0.345 e. The summed E-state index contributed by atoms with van der Waals surface area (Å²) in [7, 11) is 1.16. The number of rotatable bonds is 2. The number of halogens is 1. The summed E-state index contributed by atoms with van der Waals surface area (Å²) in [4.78, 5) is 24.6. The van der Waals surface area contributed by atoms with Crippen LogP contribution in [0.4, 0.5) is 0 Å². The maximum atomic E-state index is 12.3. The zero-order valence-electron chi connectivity index (χ0n) is 11.9. The van der Waals surface area contributed by atoms with Gasteiger partial charge < -0.3 is 24.4 Å². The lowest BCUT2D eigenvalue weighted by molar-refractivity contribution is -0.171. The van der Waals surface area contributed by atoms with Crippen molar-refractivity contribution in [3.8, 4) is 0 Å². The van der Waals surface area contributed by atoms with Crippen LogP contribution < -0.4 is 0 Å². The Bertz CT molecular complexity index is 535. The van der Waals surface area contributed by atoms with E-state index in [9.17, 15) is 19.8 Å². The Morgan fingerprint density at radius 3 is 2.67 bits per heavy atom. The van der Waals surface area contributed by atoms with Crippen molar-refractivity contribution in [1.82, 2.24) is 0 Å². The summed E-state index contributed by atoms with van der Waals surface area (Å²) in [5.74, 6) is -2.34. The molecule has 0 amide bonds. The van der Waals surface area contributed by atoms with Gasteiger partial charge in [0.1, 0.15) is 11.7 Å². The van der Waals surface area contributed by atoms with Crippen LogP contribution in [0.15, 0.2) is 0 Å². The highest BCUT2D eigenvalue weighted by Crippen LogP contribution is 2.70. The van der Waals surface area contributed by atoms with Gasteiger partial charge in [0.15, 0.2) is 0 Å². The fourth-order valence-corrected chi connectivity index (χ4v) is 4.94. The number of carbonyl (C=O) groups is 2. The minimum atomic E-state index is -1.84. The fourth-order valence-electron chi connectivity index (χ4n) is 4.34. The minimum Gasteiger partial charge on any atom is -0.467 e. The Labute approximate surface area is 129 Å². The molecule has 6 unspecified atom stereocenters. The molecule has 0 aromatic heterocycles. The molecule has 1 spiro atoms. The van der Waals surface area contributed by atoms with Gasteiger partial charge >= 0.3 is 11.9 Å². The molecule has 1 saturated carbocycles. The third-order valence-corrected chi connectivity index (χ3v) is 5.90. The van der Waals surface area contributed by atoms with Crippen molar-refractivity contribution in [3.05, 3.63) is 0 Å². The Hall–Kier alpha value is -0.700. The standard InChI is InChI=1S/C13H17BrO7/c1-6-7-10(2,17)4-11(18,5-14)13(9(16)19-3)12(7,21-13)8(15)20-6/h6-7,17-18H,4-5H2,1-3H3. The predicted molar refractivity (Wildman–Crippen MR) is 71.6 cm³/mol. The number of aliphatic hydroxyl groups is 2. The minimum absolute atomic E-state index is 0.0542. The van der Waals surface area contributed by atoms with Crippen molar-refractivity contribution in [2.75, 3.05) is 12.4 Å². The second kappa shape index (κ2) is 3.98. The average Bonchev–Trinajstić information content (AvgIpc) is 3.02. The van der Waals surface area contributed by atoms with E-state index in [1.807, 2.05) is 0 Å². The summed E-state index contributed by atoms with van der Waals surface area (Å²) in [6, 6.07) is 0. The van der Waals surface area contributed by atoms with Crippen LogP contribution in [0.5, 0.6) is 0 Å². The van der Waals surface area contributed by atoms with Crippen molar-refractivity contribution in [2.45, 2.75) is 48.8 Å². The summed E-state index contributed by atoms with van der Waals surface area (Å²) in [6.07, 6.45) is -0.771. The predicted octanol–water partition coefficient (Wildman–Crippen LogP) is -0.491. The van der Waals surface area contributed by atoms with Crippen molar-refractivity contribution in [1.29, 1.82) is 0 Å². The van der Waals surface area contributed by atoms with Crippen LogP contribution in [-0.2, 0) is 23.8 Å². The first-order valence-electron chi connectivity index (χ1n) is 6.63. The molecular formula is C13H17BrO7. The van der Waals surface area contributed by atoms with Gasteiger partial charge in [-0.25, -0.2) is 9.59 Å². The van der Waals surface area contributed by atoms with Crippen molar-refractivity contribution >= 4 is 27.9 Å². The van der Waals surface area contributed by atoms with Crippen molar-refractivity contribution < 1.29 is 34.0 Å². The molecule has 3 fully saturated rings. The number of hydrogen-bond acceptors (Lipinski definition) is 7. The van der Waals surface area contributed by atoms with E-state index in [4.69, 9.17) is 14.2 Å². The molecule has 1 aliphatic carbocycles. The Kier molecular flexibility index (Phi) is 2.88. The molecule has 2 N–H and O–H groups in total. The summed E-state index contributed by atoms with van der Waals surface area (Å²) >= 11 is 3.15. The molecule has 0 bridgehead atoms. The Morgan fingerprint density at radius 1 is 1.52 bits per heavy atom. The fraction of sp³-hybridized carbons (Fsp3) is 0.846. The third-order valence-electron chi connectivity index (χ3n) is 4.97. The van der Waals surface area contributed by atoms with Crippen molar-refractivity contribution in [2.24, 2.45) is 5.92 Å². The second-order valence-electron chi connectivity index (χ2n) is 6.30. The van der Waals surface area contributed by atoms with Crippen LogP contribution in [0.3, 0.4) is 0 Å². The molecule has 2 heterocycles. The summed E-state index contributed by atoms with van der Waals surface area (Å²) in [6.45, 7) is 3.14. The van der Waals surface area contributed by atoms with Crippen LogP contribution in [0.1, 0.15) is 20.3 Å². The van der Waals surface area contributed by atoms with E-state index in [-0.39, 0.29) is 11.8 Å². The largest absolute Gasteiger partial charge is 0.467 e. The first-order valence-corrected chi connectivity index (χ1v) is 7.75. The molecule has 0 aromatic rings. The third kappa shape index (κ3) is 1.40. The van der Waals surface area contributed by atoms with Crippen LogP contribution in [-0.4, -0.2) is 63.1 Å². The van der Waals surface area contributed by atoms with Crippen LogP contribution in [0.2, 0.25) is 0 Å². The molecule has 21 heavy (non-hydrogen) atoms. The van der Waals surface area contributed by atoms with E-state index >= 15 is 0 Å². The van der Waals surface area contributed by atoms with E-state index in [0.717, 1.165) is 7.11 Å². The molecular weight excluding hydrogens is 348 g/mol. The molecule has 8 heteroatoms. The number of methoxy groups -OCH3 is 1. The SMILES string of the molecule is COC(=O)C12OC13C(=O)OC(C)C3C(C)(O)CC2(O)CBr. The summed E-state index contributed by atoms with van der Waals surface area (Å²) in [5, 5.41) is 21.5. The topological polar surface area (TPSA) is 106 Å². The number of alkyl halides is 1. The van der Waals surface area contributed by atoms with Gasteiger partial charge in [-0.1, -0.05) is 15.9 Å². The molecule has 2 aliphatic heterocycles. The normalized spacial score (nSPS) is 54.5. The van der Waals surface area contributed by atoms with E-state index in [0.29, 0.717) is 0 Å². The van der Waals surface area contributed by atoms with Gasteiger partial charge in [-0.15, -0.1) is 0 Å². The highest BCUT2D eigenvalue weighted by Gasteiger charge is 2.96. The van der Waals surface area contributed by atoms with Gasteiger partial charge in [-0.05, 0) is 13.8 Å². The number of epoxide rings is 1. The lowest BCUT2D eigenvalue weighted by Crippen LogP contribution is -2.68.